The van der Waals surface area contributed by atoms with Gasteiger partial charge in [0.2, 0.25) is 0 Å². The summed E-state index contributed by atoms with van der Waals surface area (Å²) in [6, 6.07) is 9.07. The number of nitrogens with zero attached hydrogens (tertiary/aromatic N) is 2. The fourth-order valence-corrected chi connectivity index (χ4v) is 1.95. The van der Waals surface area contributed by atoms with Crippen molar-refractivity contribution in [2.24, 2.45) is 0 Å². The second kappa shape index (κ2) is 5.32. The molecule has 0 aromatic carbocycles. The Morgan fingerprint density at radius 3 is 2.56 bits per heavy atom. The van der Waals surface area contributed by atoms with Gasteiger partial charge in [-0.2, -0.15) is 0 Å². The van der Waals surface area contributed by atoms with Crippen molar-refractivity contribution in [1.29, 1.82) is 0 Å². The summed E-state index contributed by atoms with van der Waals surface area (Å²) in [7, 11) is -1.20. The summed E-state index contributed by atoms with van der Waals surface area (Å²) in [4.78, 5) is 7.94. The third-order valence-corrected chi connectivity index (χ3v) is 2.97. The van der Waals surface area contributed by atoms with Crippen molar-refractivity contribution in [1.82, 2.24) is 9.97 Å². The Kier molecular flexibility index (Phi) is 3.56. The van der Waals surface area contributed by atoms with Gasteiger partial charge in [-0.05, 0) is 35.9 Å². The van der Waals surface area contributed by atoms with Gasteiger partial charge in [0, 0.05) is 24.0 Å². The Morgan fingerprint density at radius 2 is 1.88 bits per heavy atom. The molecule has 3 nitrogen and oxygen atoms in total. The maximum Gasteiger partial charge on any atom is 0.131 e. The highest BCUT2D eigenvalue weighted by Gasteiger charge is 1.98. The van der Waals surface area contributed by atoms with E-state index in [2.05, 4.69) is 9.97 Å². The van der Waals surface area contributed by atoms with E-state index in [1.54, 1.807) is 42.2 Å². The van der Waals surface area contributed by atoms with Crippen LogP contribution in [0.5, 0.6) is 0 Å². The van der Waals surface area contributed by atoms with Crippen molar-refractivity contribution in [3.8, 4) is 0 Å². The summed E-state index contributed by atoms with van der Waals surface area (Å²) in [6.07, 6.45) is 6.83. The van der Waals surface area contributed by atoms with Gasteiger partial charge in [-0.15, -0.1) is 0 Å². The zero-order chi connectivity index (χ0) is 11.2. The SMILES string of the molecule is O=S(/C=C\c1ccncc1)c1ccccn1. The van der Waals surface area contributed by atoms with Crippen LogP contribution in [-0.4, -0.2) is 14.2 Å². The zero-order valence-corrected chi connectivity index (χ0v) is 9.30. The third kappa shape index (κ3) is 2.84. The van der Waals surface area contributed by atoms with E-state index >= 15 is 0 Å². The molecule has 4 heteroatoms. The van der Waals surface area contributed by atoms with Gasteiger partial charge in [-0.1, -0.05) is 6.07 Å². The molecule has 2 rings (SSSR count). The molecule has 0 saturated carbocycles. The van der Waals surface area contributed by atoms with Crippen molar-refractivity contribution < 1.29 is 4.21 Å². The molecule has 1 unspecified atom stereocenters. The third-order valence-electron chi connectivity index (χ3n) is 1.93. The number of rotatable bonds is 3. The first-order valence-corrected chi connectivity index (χ1v) is 5.97. The number of pyridine rings is 2. The van der Waals surface area contributed by atoms with Gasteiger partial charge in [-0.3, -0.25) is 4.98 Å². The van der Waals surface area contributed by atoms with Crippen LogP contribution in [0.15, 0.2) is 59.4 Å². The highest BCUT2D eigenvalue weighted by molar-refractivity contribution is 7.88. The number of aromatic nitrogens is 2. The number of hydrogen-bond acceptors (Lipinski definition) is 3. The first-order chi connectivity index (χ1) is 7.86. The first kappa shape index (κ1) is 10.7. The fourth-order valence-electron chi connectivity index (χ4n) is 1.15. The van der Waals surface area contributed by atoms with Gasteiger partial charge >= 0.3 is 0 Å². The minimum Gasteiger partial charge on any atom is -0.265 e. The molecule has 0 aliphatic carbocycles. The maximum absolute atomic E-state index is 11.8. The van der Waals surface area contributed by atoms with Crippen LogP contribution in [0, 0.1) is 0 Å². The van der Waals surface area contributed by atoms with E-state index in [4.69, 9.17) is 0 Å². The molecule has 0 N–H and O–H groups in total. The lowest BCUT2D eigenvalue weighted by molar-refractivity contribution is 0.686. The molecule has 2 aromatic rings. The van der Waals surface area contributed by atoms with E-state index in [0.29, 0.717) is 5.03 Å². The lowest BCUT2D eigenvalue weighted by Gasteiger charge is -1.94. The lowest BCUT2D eigenvalue weighted by Crippen LogP contribution is -1.89. The molecule has 0 bridgehead atoms. The minimum absolute atomic E-state index is 0.563. The Morgan fingerprint density at radius 1 is 1.06 bits per heavy atom. The molecule has 0 aliphatic heterocycles. The molecule has 0 saturated heterocycles. The van der Waals surface area contributed by atoms with Gasteiger partial charge < -0.3 is 0 Å². The highest BCUT2D eigenvalue weighted by atomic mass is 32.2. The lowest BCUT2D eigenvalue weighted by atomic mass is 10.3. The van der Waals surface area contributed by atoms with Crippen LogP contribution < -0.4 is 0 Å². The van der Waals surface area contributed by atoms with Crippen molar-refractivity contribution in [3.63, 3.8) is 0 Å². The predicted octanol–water partition coefficient (Wildman–Crippen LogP) is 2.26. The van der Waals surface area contributed by atoms with Gasteiger partial charge in [0.05, 0.1) is 10.8 Å². The molecular weight excluding hydrogens is 220 g/mol. The van der Waals surface area contributed by atoms with E-state index < -0.39 is 10.8 Å². The Bertz CT molecular complexity index is 497. The van der Waals surface area contributed by atoms with E-state index in [-0.39, 0.29) is 0 Å². The van der Waals surface area contributed by atoms with Crippen LogP contribution in [0.2, 0.25) is 0 Å². The van der Waals surface area contributed by atoms with Gasteiger partial charge in [0.25, 0.3) is 0 Å². The molecule has 2 heterocycles. The molecule has 0 spiro atoms. The summed E-state index contributed by atoms with van der Waals surface area (Å²) in [5, 5.41) is 2.19. The second-order valence-electron chi connectivity index (χ2n) is 3.05. The average molecular weight is 230 g/mol. The molecule has 0 radical (unpaired) electrons. The summed E-state index contributed by atoms with van der Waals surface area (Å²) in [5.74, 6) is 0. The van der Waals surface area contributed by atoms with Crippen molar-refractivity contribution in [3.05, 3.63) is 59.9 Å². The van der Waals surface area contributed by atoms with Crippen LogP contribution in [0.25, 0.3) is 6.08 Å². The minimum atomic E-state index is -1.20. The van der Waals surface area contributed by atoms with Gasteiger partial charge in [0.1, 0.15) is 5.03 Å². The summed E-state index contributed by atoms with van der Waals surface area (Å²) in [5.41, 5.74) is 0.972. The van der Waals surface area contributed by atoms with Crippen LogP contribution in [-0.2, 0) is 10.8 Å². The second-order valence-corrected chi connectivity index (χ2v) is 4.33. The van der Waals surface area contributed by atoms with Crippen molar-refractivity contribution in [2.75, 3.05) is 0 Å². The average Bonchev–Trinajstić information content (AvgIpc) is 2.38. The molecule has 0 amide bonds. The highest BCUT2D eigenvalue weighted by Crippen LogP contribution is 2.06. The molecule has 2 aromatic heterocycles. The smallest absolute Gasteiger partial charge is 0.131 e. The van der Waals surface area contributed by atoms with Crippen LogP contribution >= 0.6 is 0 Å². The van der Waals surface area contributed by atoms with Gasteiger partial charge in [-0.25, -0.2) is 9.19 Å². The van der Waals surface area contributed by atoms with Crippen LogP contribution in [0.1, 0.15) is 5.56 Å². The molecule has 80 valence electrons. The molecule has 16 heavy (non-hydrogen) atoms. The molecule has 1 atom stereocenters. The Hall–Kier alpha value is -1.81. The Labute approximate surface area is 96.3 Å². The van der Waals surface area contributed by atoms with Crippen LogP contribution in [0.3, 0.4) is 0 Å². The van der Waals surface area contributed by atoms with E-state index in [1.807, 2.05) is 18.2 Å². The topological polar surface area (TPSA) is 42.9 Å². The largest absolute Gasteiger partial charge is 0.265 e. The normalized spacial score (nSPS) is 12.8. The summed E-state index contributed by atoms with van der Waals surface area (Å²) in [6.45, 7) is 0. The summed E-state index contributed by atoms with van der Waals surface area (Å²) < 4.78 is 11.8. The van der Waals surface area contributed by atoms with E-state index in [0.717, 1.165) is 5.56 Å². The fraction of sp³-hybridized carbons (Fsp3) is 0. The van der Waals surface area contributed by atoms with E-state index in [1.165, 1.54) is 0 Å². The summed E-state index contributed by atoms with van der Waals surface area (Å²) >= 11 is 0. The zero-order valence-electron chi connectivity index (χ0n) is 8.48. The van der Waals surface area contributed by atoms with E-state index in [9.17, 15) is 4.21 Å². The standard InChI is InChI=1S/C12H10N2OS/c15-16(12-3-1-2-7-14-12)10-6-11-4-8-13-9-5-11/h1-10H/b10-6-. The quantitative estimate of drug-likeness (QED) is 0.812. The first-order valence-electron chi connectivity index (χ1n) is 4.76. The maximum atomic E-state index is 11.8. The molecule has 0 fully saturated rings. The van der Waals surface area contributed by atoms with Crippen LogP contribution in [0.4, 0.5) is 0 Å². The predicted molar refractivity (Wildman–Crippen MR) is 63.9 cm³/mol. The molecule has 0 aliphatic rings. The Balaban J connectivity index is 2.12. The van der Waals surface area contributed by atoms with Crippen molar-refractivity contribution in [2.45, 2.75) is 5.03 Å². The number of hydrogen-bond donors (Lipinski definition) is 0. The monoisotopic (exact) mass is 230 g/mol. The molecular formula is C12H10N2OS. The van der Waals surface area contributed by atoms with Crippen molar-refractivity contribution >= 4 is 16.9 Å². The van der Waals surface area contributed by atoms with Gasteiger partial charge in [0.15, 0.2) is 0 Å².